The first-order valence-electron chi connectivity index (χ1n) is 9.39. The molecule has 3 N–H and O–H groups in total. The van der Waals surface area contributed by atoms with E-state index >= 15 is 0 Å². The maximum absolute atomic E-state index is 10.5. The van der Waals surface area contributed by atoms with Gasteiger partial charge in [0.05, 0.1) is 6.54 Å². The number of hydrogen-bond donors (Lipinski definition) is 2. The number of imidazole rings is 1. The van der Waals surface area contributed by atoms with Crippen molar-refractivity contribution in [3.05, 3.63) is 90.5 Å². The molecule has 1 atom stereocenters. The molecule has 28 heavy (non-hydrogen) atoms. The minimum atomic E-state index is -0.677. The molecule has 1 aromatic heterocycles. The first-order chi connectivity index (χ1) is 13.7. The van der Waals surface area contributed by atoms with Crippen LogP contribution in [0.4, 0.5) is 5.95 Å². The molecule has 3 aromatic carbocycles. The summed E-state index contributed by atoms with van der Waals surface area (Å²) in [5.41, 5.74) is 9.71. The Labute approximate surface area is 164 Å². The van der Waals surface area contributed by atoms with Crippen molar-refractivity contribution in [3.8, 4) is 5.75 Å². The number of aliphatic hydroxyl groups excluding tert-OH is 1. The van der Waals surface area contributed by atoms with Gasteiger partial charge in [0.1, 0.15) is 36.0 Å². The Bertz CT molecular complexity index is 1050. The molecule has 5 nitrogen and oxygen atoms in total. The van der Waals surface area contributed by atoms with Crippen LogP contribution in [0.3, 0.4) is 0 Å². The second-order valence-corrected chi connectivity index (χ2v) is 6.81. The second-order valence-electron chi connectivity index (χ2n) is 6.81. The molecule has 142 valence electrons. The van der Waals surface area contributed by atoms with Gasteiger partial charge >= 0.3 is 5.95 Å². The van der Waals surface area contributed by atoms with Gasteiger partial charge in [-0.2, -0.15) is 0 Å². The lowest BCUT2D eigenvalue weighted by Gasteiger charge is -2.12. The fourth-order valence-corrected chi connectivity index (χ4v) is 3.41. The van der Waals surface area contributed by atoms with Crippen molar-refractivity contribution in [3.63, 3.8) is 0 Å². The molecule has 0 aliphatic carbocycles. The third-order valence-electron chi connectivity index (χ3n) is 4.78. The molecule has 0 aliphatic heterocycles. The number of fused-ring (bicyclic) bond motifs is 1. The highest BCUT2D eigenvalue weighted by molar-refractivity contribution is 5.74. The number of ether oxygens (including phenoxy) is 1. The highest BCUT2D eigenvalue weighted by Crippen LogP contribution is 2.18. The zero-order valence-corrected chi connectivity index (χ0v) is 15.6. The fraction of sp³-hybridized carbons (Fsp3) is 0.174. The van der Waals surface area contributed by atoms with Crippen LogP contribution in [0.15, 0.2) is 84.9 Å². The normalized spacial score (nSPS) is 12.2. The zero-order valence-electron chi connectivity index (χ0n) is 15.6. The van der Waals surface area contributed by atoms with E-state index in [1.807, 2.05) is 71.3 Å². The Morgan fingerprint density at radius 3 is 2.29 bits per heavy atom. The number of hydrogen-bond acceptors (Lipinski definition) is 3. The zero-order chi connectivity index (χ0) is 19.3. The van der Waals surface area contributed by atoms with E-state index in [0.717, 1.165) is 16.8 Å². The van der Waals surface area contributed by atoms with Crippen LogP contribution in [0.1, 0.15) is 5.56 Å². The van der Waals surface area contributed by atoms with Crippen LogP contribution in [0, 0.1) is 0 Å². The van der Waals surface area contributed by atoms with Crippen molar-refractivity contribution in [1.29, 1.82) is 0 Å². The molecule has 1 heterocycles. The quantitative estimate of drug-likeness (QED) is 0.489. The first-order valence-corrected chi connectivity index (χ1v) is 9.39. The van der Waals surface area contributed by atoms with Gasteiger partial charge < -0.3 is 9.84 Å². The molecule has 1 unspecified atom stereocenters. The Kier molecular flexibility index (Phi) is 5.26. The number of aromatic nitrogens is 2. The average molecular weight is 374 g/mol. The van der Waals surface area contributed by atoms with E-state index in [1.165, 1.54) is 5.56 Å². The summed E-state index contributed by atoms with van der Waals surface area (Å²) in [6, 6.07) is 27.8. The highest BCUT2D eigenvalue weighted by Gasteiger charge is 2.23. The molecule has 0 radical (unpaired) electrons. The highest BCUT2D eigenvalue weighted by atomic mass is 16.5. The van der Waals surface area contributed by atoms with Crippen LogP contribution in [-0.2, 0) is 13.1 Å². The van der Waals surface area contributed by atoms with E-state index in [2.05, 4.69) is 22.8 Å². The topological polar surface area (TPSA) is 64.3 Å². The monoisotopic (exact) mass is 374 g/mol. The number of benzene rings is 3. The molecule has 4 aromatic rings. The summed E-state index contributed by atoms with van der Waals surface area (Å²) in [5, 5.41) is 10.5. The predicted molar refractivity (Wildman–Crippen MR) is 110 cm³/mol. The van der Waals surface area contributed by atoms with Gasteiger partial charge in [-0.05, 0) is 29.8 Å². The number of nitrogen functional groups attached to an aromatic ring is 1. The smallest absolute Gasteiger partial charge is 0.356 e. The summed E-state index contributed by atoms with van der Waals surface area (Å²) >= 11 is 0. The van der Waals surface area contributed by atoms with Gasteiger partial charge in [-0.15, -0.1) is 0 Å². The lowest BCUT2D eigenvalue weighted by Crippen LogP contribution is -2.37. The molecule has 0 saturated heterocycles. The van der Waals surface area contributed by atoms with Crippen molar-refractivity contribution in [1.82, 2.24) is 4.57 Å². The van der Waals surface area contributed by atoms with Crippen LogP contribution in [-0.4, -0.2) is 22.4 Å². The van der Waals surface area contributed by atoms with Gasteiger partial charge in [0.25, 0.3) is 0 Å². The maximum Gasteiger partial charge on any atom is 0.356 e. The van der Waals surface area contributed by atoms with Gasteiger partial charge in [-0.25, -0.2) is 9.13 Å². The van der Waals surface area contributed by atoms with Crippen LogP contribution in [0.2, 0.25) is 0 Å². The van der Waals surface area contributed by atoms with Crippen LogP contribution < -0.4 is 15.0 Å². The summed E-state index contributed by atoms with van der Waals surface area (Å²) in [7, 11) is 0. The number of rotatable bonds is 7. The predicted octanol–water partition coefficient (Wildman–Crippen LogP) is 3.00. The fourth-order valence-electron chi connectivity index (χ4n) is 3.41. The molecule has 0 aliphatic rings. The van der Waals surface area contributed by atoms with Crippen molar-refractivity contribution < 1.29 is 14.4 Å². The average Bonchev–Trinajstić information content (AvgIpc) is 3.00. The van der Waals surface area contributed by atoms with E-state index in [-0.39, 0.29) is 6.61 Å². The minimum Gasteiger partial charge on any atom is -0.491 e. The van der Waals surface area contributed by atoms with E-state index in [9.17, 15) is 5.11 Å². The van der Waals surface area contributed by atoms with Crippen molar-refractivity contribution in [2.75, 3.05) is 12.3 Å². The maximum atomic E-state index is 10.5. The molecule has 0 bridgehead atoms. The Balaban J connectivity index is 1.57. The summed E-state index contributed by atoms with van der Waals surface area (Å²) in [5.74, 6) is 1.36. The summed E-state index contributed by atoms with van der Waals surface area (Å²) in [6.07, 6.45) is -0.677. The molecule has 0 fully saturated rings. The Morgan fingerprint density at radius 2 is 1.54 bits per heavy atom. The van der Waals surface area contributed by atoms with Gasteiger partial charge in [0.15, 0.2) is 0 Å². The molecule has 4 rings (SSSR count). The van der Waals surface area contributed by atoms with Crippen molar-refractivity contribution in [2.45, 2.75) is 19.2 Å². The summed E-state index contributed by atoms with van der Waals surface area (Å²) in [4.78, 5) is 0. The largest absolute Gasteiger partial charge is 0.491 e. The van der Waals surface area contributed by atoms with E-state index in [0.29, 0.717) is 19.0 Å². The molecule has 5 heteroatoms. The molecular formula is C23H24N3O2+. The second kappa shape index (κ2) is 8.15. The van der Waals surface area contributed by atoms with Crippen molar-refractivity contribution >= 4 is 17.0 Å². The van der Waals surface area contributed by atoms with Crippen LogP contribution >= 0.6 is 0 Å². The Morgan fingerprint density at radius 1 is 0.893 bits per heavy atom. The first kappa shape index (κ1) is 18.1. The molecule has 0 saturated carbocycles. The standard InChI is InChI=1S/C23H23N3O2/c24-23-25(15-18-9-3-1-4-10-18)21-13-7-8-14-22(21)26(23)16-19(27)17-28-20-11-5-2-6-12-20/h1-14,19,24,27H,15-17H2/p+1. The van der Waals surface area contributed by atoms with Gasteiger partial charge in [0, 0.05) is 0 Å². The third kappa shape index (κ3) is 3.85. The van der Waals surface area contributed by atoms with E-state index in [1.54, 1.807) is 0 Å². The lowest BCUT2D eigenvalue weighted by molar-refractivity contribution is -0.648. The number of nitrogens with two attached hydrogens (primary N) is 1. The molecule has 0 amide bonds. The minimum absolute atomic E-state index is 0.203. The number of para-hydroxylation sites is 3. The van der Waals surface area contributed by atoms with Gasteiger partial charge in [-0.1, -0.05) is 60.7 Å². The van der Waals surface area contributed by atoms with E-state index < -0.39 is 6.10 Å². The van der Waals surface area contributed by atoms with Crippen LogP contribution in [0.5, 0.6) is 5.75 Å². The van der Waals surface area contributed by atoms with Gasteiger partial charge in [-0.3, -0.25) is 5.73 Å². The Hall–Kier alpha value is -3.31. The SMILES string of the molecule is Nc1n(CC(O)COc2ccccc2)c2ccccc2[n+]1Cc1ccccc1. The summed E-state index contributed by atoms with van der Waals surface area (Å²) in [6.45, 7) is 1.24. The molecule has 0 spiro atoms. The van der Waals surface area contributed by atoms with Gasteiger partial charge in [0.2, 0.25) is 0 Å². The number of anilines is 1. The van der Waals surface area contributed by atoms with Crippen molar-refractivity contribution in [2.24, 2.45) is 0 Å². The van der Waals surface area contributed by atoms with Crippen LogP contribution in [0.25, 0.3) is 11.0 Å². The van der Waals surface area contributed by atoms with E-state index in [4.69, 9.17) is 10.5 Å². The number of aliphatic hydroxyl groups is 1. The third-order valence-corrected chi connectivity index (χ3v) is 4.78. The molecular weight excluding hydrogens is 350 g/mol. The number of nitrogens with zero attached hydrogens (tertiary/aromatic N) is 2. The summed E-state index contributed by atoms with van der Waals surface area (Å²) < 4.78 is 9.72. The lowest BCUT2D eigenvalue weighted by atomic mass is 10.2.